The summed E-state index contributed by atoms with van der Waals surface area (Å²) in [5, 5.41) is 54.5. The van der Waals surface area contributed by atoms with Crippen LogP contribution in [-0.4, -0.2) is 25.4 Å². The molecule has 1 heterocycles. The first kappa shape index (κ1) is 46.4. The number of ketones is 1. The first-order valence-corrected chi connectivity index (χ1v) is 20.0. The van der Waals surface area contributed by atoms with Gasteiger partial charge < -0.3 is 14.3 Å². The minimum Gasteiger partial charge on any atom is -0.534 e. The Hall–Kier alpha value is -6.95. The molecule has 0 aliphatic carbocycles. The number of aryl methyl sites for hydroxylation is 1. The molecule has 300 valence electrons. The van der Waals surface area contributed by atoms with Gasteiger partial charge in [-0.25, -0.2) is 0 Å². The van der Waals surface area contributed by atoms with E-state index in [1.54, 1.807) is 31.2 Å². The predicted molar refractivity (Wildman–Crippen MR) is 217 cm³/mol. The summed E-state index contributed by atoms with van der Waals surface area (Å²) in [4.78, 5) is 11.7. The summed E-state index contributed by atoms with van der Waals surface area (Å²) >= 11 is 0. The number of benzene rings is 4. The highest BCUT2D eigenvalue weighted by atomic mass is 28.4. The molecule has 2 unspecified atom stereocenters. The Kier molecular flexibility index (Phi) is 14.9. The van der Waals surface area contributed by atoms with Crippen LogP contribution in [-0.2, 0) is 20.7 Å². The van der Waals surface area contributed by atoms with Crippen LogP contribution >= 0.6 is 0 Å². The van der Waals surface area contributed by atoms with E-state index >= 15 is 0 Å². The number of hydrogen-bond acceptors (Lipinski definition) is 9. The van der Waals surface area contributed by atoms with E-state index in [2.05, 4.69) is 20.8 Å². The lowest BCUT2D eigenvalue weighted by molar-refractivity contribution is -0.254. The Labute approximate surface area is 343 Å². The van der Waals surface area contributed by atoms with Gasteiger partial charge in [0.15, 0.2) is 22.7 Å². The number of ether oxygens (including phenoxy) is 1. The number of allylic oxidation sites excluding steroid dienone is 2. The number of carbonyl (C=O) groups excluding carboxylic acids is 1. The van der Waals surface area contributed by atoms with Crippen molar-refractivity contribution in [3.8, 4) is 36.1 Å². The highest BCUT2D eigenvalue weighted by Crippen LogP contribution is 2.46. The summed E-state index contributed by atoms with van der Waals surface area (Å²) in [5.41, 5.74) is -2.17. The fourth-order valence-electron chi connectivity index (χ4n) is 6.52. The second kappa shape index (κ2) is 19.0. The molecule has 5 rings (SSSR count). The molecule has 0 spiro atoms. The van der Waals surface area contributed by atoms with Gasteiger partial charge in [-0.2, -0.15) is 39.5 Å². The van der Waals surface area contributed by atoms with Gasteiger partial charge in [-0.05, 0) is 66.4 Å². The largest absolute Gasteiger partial charge is 0.534 e. The first-order valence-electron chi connectivity index (χ1n) is 18.1. The minimum absolute atomic E-state index is 0. The van der Waals surface area contributed by atoms with Crippen LogP contribution < -0.4 is 14.8 Å². The van der Waals surface area contributed by atoms with E-state index in [9.17, 15) is 28.3 Å². The fourth-order valence-corrected chi connectivity index (χ4v) is 10.9. The van der Waals surface area contributed by atoms with Gasteiger partial charge in [0.1, 0.15) is 30.4 Å². The predicted octanol–water partition coefficient (Wildman–Crippen LogP) is 8.77. The SMILES string of the molecule is CC(=O)C(O)(c1ccc(O[Si](c2ccccc2)(c2ccccc2)C(C)(C)C)cc1)C(F)(F)F.CC1=C(C#N)C(=C(C#N)C#N)OC1(C)c1ccc(C)cc1.N#CCC#N. The van der Waals surface area contributed by atoms with Crippen LogP contribution in [0.5, 0.6) is 5.75 Å². The highest BCUT2D eigenvalue weighted by molar-refractivity contribution is 7.00. The van der Waals surface area contributed by atoms with Crippen molar-refractivity contribution in [2.24, 2.45) is 0 Å². The molecule has 0 saturated carbocycles. The Morgan fingerprint density at radius 1 is 0.780 bits per heavy atom. The van der Waals surface area contributed by atoms with Gasteiger partial charge in [0.05, 0.1) is 17.7 Å². The highest BCUT2D eigenvalue weighted by Gasteiger charge is 2.59. The molecular weight excluding hydrogens is 772 g/mol. The number of Topliss-reactive ketones (excluding diaryl/α,β-unsaturated/α-hetero) is 1. The van der Waals surface area contributed by atoms with Crippen LogP contribution in [0.4, 0.5) is 13.2 Å². The van der Waals surface area contributed by atoms with Crippen molar-refractivity contribution >= 4 is 24.5 Å². The number of aliphatic hydroxyl groups is 1. The molecule has 9 nitrogen and oxygen atoms in total. The van der Waals surface area contributed by atoms with Crippen LogP contribution in [0.15, 0.2) is 132 Å². The van der Waals surface area contributed by atoms with E-state index < -0.39 is 37.0 Å². The molecule has 59 heavy (non-hydrogen) atoms. The van der Waals surface area contributed by atoms with Crippen LogP contribution in [0.25, 0.3) is 0 Å². The van der Waals surface area contributed by atoms with Crippen molar-refractivity contribution in [2.45, 2.75) is 77.3 Å². The third kappa shape index (κ3) is 9.61. The average Bonchev–Trinajstić information content (AvgIpc) is 3.47. The maximum atomic E-state index is 13.5. The second-order valence-electron chi connectivity index (χ2n) is 14.6. The topological polar surface area (TPSA) is 175 Å². The molecule has 0 bridgehead atoms. The molecule has 1 N–H and O–H groups in total. The molecular formula is C46H42F3N5O4Si. The van der Waals surface area contributed by atoms with E-state index in [-0.39, 0.29) is 28.4 Å². The summed E-state index contributed by atoms with van der Waals surface area (Å²) in [7, 11) is -2.96. The maximum Gasteiger partial charge on any atom is 0.428 e. The lowest BCUT2D eigenvalue weighted by Crippen LogP contribution is -2.68. The third-order valence-electron chi connectivity index (χ3n) is 9.83. The fraction of sp³-hybridized carbons (Fsp3) is 0.261. The van der Waals surface area contributed by atoms with Gasteiger partial charge in [-0.3, -0.25) is 4.79 Å². The Morgan fingerprint density at radius 3 is 1.61 bits per heavy atom. The average molecular weight is 814 g/mol. The van der Waals surface area contributed by atoms with Crippen molar-refractivity contribution < 1.29 is 32.2 Å². The minimum atomic E-state index is -5.14. The van der Waals surface area contributed by atoms with Crippen molar-refractivity contribution in [1.82, 2.24) is 0 Å². The number of alkyl halides is 3. The zero-order valence-corrected chi connectivity index (χ0v) is 34.6. The van der Waals surface area contributed by atoms with E-state index in [1.807, 2.05) is 105 Å². The molecule has 1 aliphatic heterocycles. The first-order chi connectivity index (χ1) is 27.7. The third-order valence-corrected chi connectivity index (χ3v) is 14.8. The molecule has 4 aromatic carbocycles. The Morgan fingerprint density at radius 2 is 1.25 bits per heavy atom. The number of nitrogens with zero attached hydrogens (tertiary/aromatic N) is 5. The van der Waals surface area contributed by atoms with Crippen LogP contribution in [0.1, 0.15) is 64.7 Å². The molecule has 2 atom stereocenters. The van der Waals surface area contributed by atoms with Crippen molar-refractivity contribution in [2.75, 3.05) is 0 Å². The quantitative estimate of drug-likeness (QED) is 0.141. The lowest BCUT2D eigenvalue weighted by Gasteiger charge is -2.43. The van der Waals surface area contributed by atoms with Gasteiger partial charge in [0.2, 0.25) is 5.60 Å². The maximum absolute atomic E-state index is 13.5. The zero-order chi connectivity index (χ0) is 44.2. The number of halogens is 3. The molecule has 0 saturated heterocycles. The lowest BCUT2D eigenvalue weighted by atomic mass is 9.87. The molecule has 0 amide bonds. The molecule has 0 radical (unpaired) electrons. The Bertz CT molecular complexity index is 2340. The van der Waals surface area contributed by atoms with Gasteiger partial charge in [-0.15, -0.1) is 0 Å². The number of nitriles is 5. The Balaban J connectivity index is 0.000000305. The van der Waals surface area contributed by atoms with E-state index in [1.165, 1.54) is 12.1 Å². The molecule has 13 heteroatoms. The summed E-state index contributed by atoms with van der Waals surface area (Å²) in [6, 6.07) is 41.3. The van der Waals surface area contributed by atoms with Crippen LogP contribution in [0, 0.1) is 63.6 Å². The standard InChI is InChI=1S/C26H27F3O3Si.C17H13N3O.C3H2N2/c1-19(30)25(31,26(27,28)29)20-15-17-21(18-16-20)32-33(24(2,3)4,22-11-7-5-8-12-22)23-13-9-6-10-14-23;1-11-4-6-14(7-5-11)17(3)12(2)15(10-20)16(21-17)13(8-18)9-19;4-2-1-3-5/h5-18,31H,1-4H3;4-7H,1-3H3;1H2. The second-order valence-corrected chi connectivity index (χ2v) is 18.8. The molecule has 0 fully saturated rings. The van der Waals surface area contributed by atoms with Gasteiger partial charge in [0, 0.05) is 5.56 Å². The van der Waals surface area contributed by atoms with Gasteiger partial charge >= 0.3 is 14.5 Å². The van der Waals surface area contributed by atoms with Crippen LogP contribution in [0.2, 0.25) is 5.04 Å². The number of rotatable bonds is 7. The van der Waals surface area contributed by atoms with Crippen molar-refractivity contribution in [1.29, 1.82) is 26.3 Å². The van der Waals surface area contributed by atoms with Crippen LogP contribution in [0.3, 0.4) is 0 Å². The zero-order valence-electron chi connectivity index (χ0n) is 33.6. The monoisotopic (exact) mass is 813 g/mol. The van der Waals surface area contributed by atoms with Crippen molar-refractivity contribution in [3.05, 3.63) is 148 Å². The van der Waals surface area contributed by atoms with E-state index in [4.69, 9.17) is 30.2 Å². The van der Waals surface area contributed by atoms with E-state index in [0.29, 0.717) is 11.3 Å². The molecule has 1 aliphatic rings. The number of carbonyl (C=O) groups is 1. The van der Waals surface area contributed by atoms with Gasteiger partial charge in [-0.1, -0.05) is 123 Å². The van der Waals surface area contributed by atoms with E-state index in [0.717, 1.165) is 40.6 Å². The summed E-state index contributed by atoms with van der Waals surface area (Å²) in [6.45, 7) is 12.6. The smallest absolute Gasteiger partial charge is 0.428 e. The molecule has 4 aromatic rings. The normalized spacial score (nSPS) is 15.7. The summed E-state index contributed by atoms with van der Waals surface area (Å²) in [5.74, 6) is -0.958. The molecule has 0 aromatic heterocycles. The summed E-state index contributed by atoms with van der Waals surface area (Å²) in [6.07, 6.45) is -5.14. The van der Waals surface area contributed by atoms with Crippen molar-refractivity contribution in [3.63, 3.8) is 0 Å². The summed E-state index contributed by atoms with van der Waals surface area (Å²) < 4.78 is 53.2. The van der Waals surface area contributed by atoms with Gasteiger partial charge in [0.25, 0.3) is 0 Å². The number of hydrogen-bond donors (Lipinski definition) is 1.